The molecule has 0 spiro atoms. The molecule has 51 heavy (non-hydrogen) atoms. The first-order valence-corrected chi connectivity index (χ1v) is 17.7. The molecule has 0 bridgehead atoms. The molecule has 0 aromatic heterocycles. The van der Waals surface area contributed by atoms with E-state index in [9.17, 15) is 0 Å². The summed E-state index contributed by atoms with van der Waals surface area (Å²) in [7, 11) is 0. The number of aryl methyl sites for hydroxylation is 2. The Kier molecular flexibility index (Phi) is 7.67. The van der Waals surface area contributed by atoms with Gasteiger partial charge in [-0.1, -0.05) is 146 Å². The van der Waals surface area contributed by atoms with Crippen molar-refractivity contribution in [3.63, 3.8) is 0 Å². The molecule has 242 valence electrons. The van der Waals surface area contributed by atoms with Crippen LogP contribution in [-0.4, -0.2) is 0 Å². The predicted octanol–water partition coefficient (Wildman–Crippen LogP) is 14.2. The maximum atomic E-state index is 2.38. The fourth-order valence-corrected chi connectivity index (χ4v) is 7.69. The second-order valence-corrected chi connectivity index (χ2v) is 13.5. The lowest BCUT2D eigenvalue weighted by Crippen LogP contribution is -2.10. The van der Waals surface area contributed by atoms with Gasteiger partial charge in [0.1, 0.15) is 0 Å². The number of anilines is 3. The normalized spacial score (nSPS) is 11.3. The topological polar surface area (TPSA) is 3.24 Å². The van der Waals surface area contributed by atoms with Gasteiger partial charge in [0.25, 0.3) is 0 Å². The molecule has 1 heteroatoms. The Hall–Kier alpha value is -6.44. The van der Waals surface area contributed by atoms with Crippen LogP contribution in [0.5, 0.6) is 0 Å². The molecule has 0 saturated heterocycles. The Morgan fingerprint density at radius 3 is 1.31 bits per heavy atom. The third-order valence-corrected chi connectivity index (χ3v) is 10.4. The third kappa shape index (κ3) is 5.54. The van der Waals surface area contributed by atoms with Crippen molar-refractivity contribution in [1.82, 2.24) is 0 Å². The highest BCUT2D eigenvalue weighted by atomic mass is 15.1. The predicted molar refractivity (Wildman–Crippen MR) is 219 cm³/mol. The van der Waals surface area contributed by atoms with Crippen LogP contribution in [0.25, 0.3) is 65.7 Å². The van der Waals surface area contributed by atoms with Crippen LogP contribution >= 0.6 is 0 Å². The van der Waals surface area contributed by atoms with Crippen molar-refractivity contribution in [2.45, 2.75) is 13.8 Å². The zero-order valence-corrected chi connectivity index (χ0v) is 28.8. The van der Waals surface area contributed by atoms with E-state index in [0.717, 1.165) is 17.1 Å². The summed E-state index contributed by atoms with van der Waals surface area (Å²) in [6, 6.07) is 68.6. The number of rotatable bonds is 6. The van der Waals surface area contributed by atoms with Crippen LogP contribution in [0.4, 0.5) is 17.1 Å². The monoisotopic (exact) mass is 651 g/mol. The smallest absolute Gasteiger partial charge is 0.0468 e. The molecule has 0 aliphatic carbocycles. The van der Waals surface area contributed by atoms with Crippen molar-refractivity contribution in [3.8, 4) is 33.4 Å². The molecule has 0 saturated carbocycles. The molecule has 0 atom stereocenters. The van der Waals surface area contributed by atoms with Crippen LogP contribution in [0, 0.1) is 13.8 Å². The molecule has 0 heterocycles. The van der Waals surface area contributed by atoms with E-state index in [0.29, 0.717) is 0 Å². The minimum absolute atomic E-state index is 1.11. The van der Waals surface area contributed by atoms with Gasteiger partial charge in [-0.15, -0.1) is 0 Å². The lowest BCUT2D eigenvalue weighted by atomic mass is 9.93. The average molecular weight is 652 g/mol. The van der Waals surface area contributed by atoms with Crippen LogP contribution in [0.3, 0.4) is 0 Å². The average Bonchev–Trinajstić information content (AvgIpc) is 3.19. The number of hydrogen-bond donors (Lipinski definition) is 0. The molecule has 9 aromatic rings. The highest BCUT2D eigenvalue weighted by molar-refractivity contribution is 6.25. The maximum absolute atomic E-state index is 2.38. The van der Waals surface area contributed by atoms with Gasteiger partial charge in [0.2, 0.25) is 0 Å². The molecule has 9 rings (SSSR count). The molecule has 0 unspecified atom stereocenters. The quantitative estimate of drug-likeness (QED) is 0.162. The first-order chi connectivity index (χ1) is 25.1. The zero-order valence-electron chi connectivity index (χ0n) is 28.8. The van der Waals surface area contributed by atoms with Crippen LogP contribution < -0.4 is 4.90 Å². The fourth-order valence-electron chi connectivity index (χ4n) is 7.69. The van der Waals surface area contributed by atoms with E-state index in [4.69, 9.17) is 0 Å². The van der Waals surface area contributed by atoms with Crippen molar-refractivity contribution in [2.75, 3.05) is 4.90 Å². The molecule has 1 nitrogen and oxygen atoms in total. The van der Waals surface area contributed by atoms with Gasteiger partial charge in [0.05, 0.1) is 0 Å². The van der Waals surface area contributed by atoms with E-state index < -0.39 is 0 Å². The third-order valence-electron chi connectivity index (χ3n) is 10.4. The van der Waals surface area contributed by atoms with Crippen molar-refractivity contribution < 1.29 is 0 Å². The standard InChI is InChI=1S/C50H37N/c1-34-12-6-7-15-43(34)49-32-39(21-20-35(49)2)38-24-28-41(29-25-38)51(40-26-22-37(23-27-40)36-13-4-3-5-14-36)42-30-31-48-46-18-9-8-16-44(46)45-17-10-11-19-47(45)50(48)33-42/h3-33H,1-2H3. The molecule has 0 amide bonds. The molecular formula is C50H37N. The Balaban J connectivity index is 1.18. The summed E-state index contributed by atoms with van der Waals surface area (Å²) in [5.74, 6) is 0. The van der Waals surface area contributed by atoms with Crippen LogP contribution in [-0.2, 0) is 0 Å². The van der Waals surface area contributed by atoms with E-state index in [-0.39, 0.29) is 0 Å². The lowest BCUT2D eigenvalue weighted by Gasteiger charge is -2.27. The van der Waals surface area contributed by atoms with E-state index in [1.54, 1.807) is 0 Å². The number of fused-ring (bicyclic) bond motifs is 6. The number of benzene rings is 9. The summed E-state index contributed by atoms with van der Waals surface area (Å²) in [5, 5.41) is 7.65. The minimum atomic E-state index is 1.11. The van der Waals surface area contributed by atoms with Gasteiger partial charge in [-0.3, -0.25) is 0 Å². The molecule has 0 N–H and O–H groups in total. The van der Waals surface area contributed by atoms with E-state index in [1.165, 1.54) is 76.8 Å². The first kappa shape index (κ1) is 30.6. The summed E-state index contributed by atoms with van der Waals surface area (Å²) in [5.41, 5.74) is 13.3. The highest BCUT2D eigenvalue weighted by Gasteiger charge is 2.17. The Morgan fingerprint density at radius 1 is 0.275 bits per heavy atom. The molecule has 9 aromatic carbocycles. The van der Waals surface area contributed by atoms with Gasteiger partial charge in [0.15, 0.2) is 0 Å². The van der Waals surface area contributed by atoms with Gasteiger partial charge in [-0.2, -0.15) is 0 Å². The largest absolute Gasteiger partial charge is 0.310 e. The van der Waals surface area contributed by atoms with Gasteiger partial charge >= 0.3 is 0 Å². The fraction of sp³-hybridized carbons (Fsp3) is 0.0400. The van der Waals surface area contributed by atoms with Gasteiger partial charge in [-0.25, -0.2) is 0 Å². The van der Waals surface area contributed by atoms with Crippen LogP contribution in [0.15, 0.2) is 188 Å². The molecule has 0 aliphatic rings. The van der Waals surface area contributed by atoms with Crippen molar-refractivity contribution in [3.05, 3.63) is 199 Å². The van der Waals surface area contributed by atoms with Crippen molar-refractivity contribution in [2.24, 2.45) is 0 Å². The lowest BCUT2D eigenvalue weighted by molar-refractivity contribution is 1.29. The van der Waals surface area contributed by atoms with Crippen LogP contribution in [0.2, 0.25) is 0 Å². The molecule has 0 radical (unpaired) electrons. The Morgan fingerprint density at radius 2 is 0.706 bits per heavy atom. The van der Waals surface area contributed by atoms with Gasteiger partial charge in [-0.05, 0) is 133 Å². The highest BCUT2D eigenvalue weighted by Crippen LogP contribution is 2.42. The summed E-state index contributed by atoms with van der Waals surface area (Å²) < 4.78 is 0. The summed E-state index contributed by atoms with van der Waals surface area (Å²) >= 11 is 0. The second kappa shape index (κ2) is 12.8. The van der Waals surface area contributed by atoms with Crippen LogP contribution in [0.1, 0.15) is 11.1 Å². The Labute approximate surface area is 299 Å². The number of nitrogens with zero attached hydrogens (tertiary/aromatic N) is 1. The summed E-state index contributed by atoms with van der Waals surface area (Å²) in [6.07, 6.45) is 0. The molecular weight excluding hydrogens is 615 g/mol. The second-order valence-electron chi connectivity index (χ2n) is 13.5. The summed E-state index contributed by atoms with van der Waals surface area (Å²) in [4.78, 5) is 2.38. The van der Waals surface area contributed by atoms with Crippen molar-refractivity contribution >= 4 is 49.4 Å². The zero-order chi connectivity index (χ0) is 34.3. The molecule has 0 fully saturated rings. The van der Waals surface area contributed by atoms with E-state index in [2.05, 4.69) is 207 Å². The molecule has 0 aliphatic heterocycles. The minimum Gasteiger partial charge on any atom is -0.310 e. The van der Waals surface area contributed by atoms with Crippen molar-refractivity contribution in [1.29, 1.82) is 0 Å². The van der Waals surface area contributed by atoms with E-state index in [1.807, 2.05) is 0 Å². The van der Waals surface area contributed by atoms with Gasteiger partial charge in [0, 0.05) is 17.1 Å². The summed E-state index contributed by atoms with van der Waals surface area (Å²) in [6.45, 7) is 4.39. The maximum Gasteiger partial charge on any atom is 0.0468 e. The number of hydrogen-bond acceptors (Lipinski definition) is 1. The van der Waals surface area contributed by atoms with E-state index >= 15 is 0 Å². The SMILES string of the molecule is Cc1ccccc1-c1cc(-c2ccc(N(c3ccc(-c4ccccc4)cc3)c3ccc4c5ccccc5c5ccccc5c4c3)cc2)ccc1C. The van der Waals surface area contributed by atoms with Gasteiger partial charge < -0.3 is 4.90 Å². The Bertz CT molecular complexity index is 2650. The first-order valence-electron chi connectivity index (χ1n) is 17.7.